The zero-order valence-corrected chi connectivity index (χ0v) is 15.4. The van der Waals surface area contributed by atoms with Crippen molar-refractivity contribution in [2.24, 2.45) is 0 Å². The van der Waals surface area contributed by atoms with Crippen molar-refractivity contribution in [3.8, 4) is 0 Å². The fourth-order valence-corrected chi connectivity index (χ4v) is 3.82. The van der Waals surface area contributed by atoms with Crippen molar-refractivity contribution in [1.82, 2.24) is 0 Å². The van der Waals surface area contributed by atoms with Crippen molar-refractivity contribution in [2.75, 3.05) is 15.5 Å². The van der Waals surface area contributed by atoms with Crippen LogP contribution in [0.2, 0.25) is 0 Å². The molecule has 2 heterocycles. The second-order valence-electron chi connectivity index (χ2n) is 7.14. The Morgan fingerprint density at radius 2 is 1.72 bits per heavy atom. The molecule has 144 valence electrons. The molecule has 0 unspecified atom stereocenters. The van der Waals surface area contributed by atoms with E-state index in [4.69, 9.17) is 0 Å². The highest BCUT2D eigenvalue weighted by atomic mass is 19.1. The Kier molecular flexibility index (Phi) is 4.05. The lowest BCUT2D eigenvalue weighted by Gasteiger charge is -2.19. The maximum Gasteiger partial charge on any atom is 0.257 e. The number of carbonyl (C=O) groups excluding carboxylic acids is 1. The number of anilines is 3. The number of hydrogen-bond donors (Lipinski definition) is 2. The lowest BCUT2D eigenvalue weighted by Crippen LogP contribution is -2.16. The molecule has 0 spiro atoms. The summed E-state index contributed by atoms with van der Waals surface area (Å²) in [4.78, 5) is 14.1. The monoisotopic (exact) mass is 389 g/mol. The summed E-state index contributed by atoms with van der Waals surface area (Å²) >= 11 is 0. The van der Waals surface area contributed by atoms with E-state index in [1.54, 1.807) is 18.2 Å². The van der Waals surface area contributed by atoms with Gasteiger partial charge in [-0.25, -0.2) is 8.78 Å². The van der Waals surface area contributed by atoms with Crippen molar-refractivity contribution >= 4 is 28.5 Å². The van der Waals surface area contributed by atoms with Crippen molar-refractivity contribution in [2.45, 2.75) is 13.1 Å². The van der Waals surface area contributed by atoms with Gasteiger partial charge in [0, 0.05) is 30.5 Å². The molecule has 2 N–H and O–H groups in total. The Morgan fingerprint density at radius 3 is 2.45 bits per heavy atom. The highest BCUT2D eigenvalue weighted by Crippen LogP contribution is 2.33. The molecule has 0 fully saturated rings. The van der Waals surface area contributed by atoms with Crippen molar-refractivity contribution in [3.05, 3.63) is 95.2 Å². The average Bonchev–Trinajstić information content (AvgIpc) is 3.26. The normalized spacial score (nSPS) is 16.0. The number of hydrogen-bond acceptors (Lipinski definition) is 3. The van der Waals surface area contributed by atoms with E-state index >= 15 is 0 Å². The minimum absolute atomic E-state index is 0.329. The molecule has 0 saturated carbocycles. The minimum atomic E-state index is -0.417. The number of carbonyl (C=O) groups is 1. The Hall–Kier alpha value is -3.67. The Morgan fingerprint density at radius 1 is 0.966 bits per heavy atom. The first kappa shape index (κ1) is 17.4. The molecule has 3 aromatic carbocycles. The second kappa shape index (κ2) is 6.74. The molecule has 1 amide bonds. The summed E-state index contributed by atoms with van der Waals surface area (Å²) in [6.45, 7) is 1.36. The van der Waals surface area contributed by atoms with E-state index in [-0.39, 0.29) is 11.7 Å². The third-order valence-corrected chi connectivity index (χ3v) is 5.28. The second-order valence-corrected chi connectivity index (χ2v) is 7.14. The van der Waals surface area contributed by atoms with Crippen LogP contribution in [0.15, 0.2) is 66.9 Å². The number of benzene rings is 3. The Balaban J connectivity index is 1.36. The molecule has 0 atom stereocenters. The lowest BCUT2D eigenvalue weighted by molar-refractivity contribution is -0.110. The molecule has 5 rings (SSSR count). The number of rotatable bonds is 3. The number of halogens is 2. The van der Waals surface area contributed by atoms with Crippen LogP contribution in [0, 0.1) is 11.6 Å². The highest BCUT2D eigenvalue weighted by molar-refractivity contribution is 6.31. The summed E-state index contributed by atoms with van der Waals surface area (Å²) in [5, 5.41) is 5.60. The van der Waals surface area contributed by atoms with Gasteiger partial charge in [-0.05, 0) is 47.5 Å². The quantitative estimate of drug-likeness (QED) is 0.627. The van der Waals surface area contributed by atoms with Crippen LogP contribution in [-0.2, 0) is 17.9 Å². The topological polar surface area (TPSA) is 44.4 Å². The van der Waals surface area contributed by atoms with Crippen LogP contribution in [0.3, 0.4) is 0 Å². The van der Waals surface area contributed by atoms with Crippen molar-refractivity contribution in [3.63, 3.8) is 0 Å². The zero-order valence-electron chi connectivity index (χ0n) is 15.4. The van der Waals surface area contributed by atoms with Gasteiger partial charge in [0.1, 0.15) is 11.6 Å². The standard InChI is InChI=1S/C23H17F2N3O/c24-16-5-7-18-19(23(29)27-21(18)9-16)11-26-17-6-8-22(20(25)10-17)28-12-14-3-1-2-4-15(14)13-28/h1-11,26H,12-13H2,(H,27,29). The average molecular weight is 389 g/mol. The summed E-state index contributed by atoms with van der Waals surface area (Å²) in [5.41, 5.74) is 4.90. The predicted octanol–water partition coefficient (Wildman–Crippen LogP) is 4.89. The zero-order chi connectivity index (χ0) is 20.0. The smallest absolute Gasteiger partial charge is 0.257 e. The van der Waals surface area contributed by atoms with Crippen LogP contribution in [-0.4, -0.2) is 5.91 Å². The third-order valence-electron chi connectivity index (χ3n) is 5.28. The summed E-state index contributed by atoms with van der Waals surface area (Å²) in [7, 11) is 0. The van der Waals surface area contributed by atoms with Gasteiger partial charge in [-0.15, -0.1) is 0 Å². The van der Waals surface area contributed by atoms with Gasteiger partial charge >= 0.3 is 0 Å². The van der Waals surface area contributed by atoms with Crippen molar-refractivity contribution in [1.29, 1.82) is 0 Å². The number of nitrogens with zero attached hydrogens (tertiary/aromatic N) is 1. The molecule has 29 heavy (non-hydrogen) atoms. The lowest BCUT2D eigenvalue weighted by atomic mass is 10.1. The fraction of sp³-hybridized carbons (Fsp3) is 0.0870. The molecule has 0 aromatic heterocycles. The first-order chi connectivity index (χ1) is 14.1. The number of fused-ring (bicyclic) bond motifs is 2. The van der Waals surface area contributed by atoms with E-state index in [2.05, 4.69) is 22.8 Å². The van der Waals surface area contributed by atoms with E-state index < -0.39 is 5.82 Å². The van der Waals surface area contributed by atoms with Crippen LogP contribution < -0.4 is 15.5 Å². The SMILES string of the molecule is O=C1Nc2cc(F)ccc2C1=CNc1ccc(N2Cc3ccccc3C2)c(F)c1. The third kappa shape index (κ3) is 3.12. The van der Waals surface area contributed by atoms with E-state index in [1.165, 1.54) is 35.5 Å². The van der Waals surface area contributed by atoms with E-state index in [0.29, 0.717) is 41.3 Å². The Bertz CT molecular complexity index is 1150. The summed E-state index contributed by atoms with van der Waals surface area (Å²) in [6.07, 6.45) is 1.51. The molecule has 6 heteroatoms. The molecular weight excluding hydrogens is 372 g/mol. The van der Waals surface area contributed by atoms with E-state index in [0.717, 1.165) is 0 Å². The molecule has 2 aliphatic heterocycles. The molecule has 3 aromatic rings. The van der Waals surface area contributed by atoms with Gasteiger partial charge in [0.05, 0.1) is 16.9 Å². The molecular formula is C23H17F2N3O. The van der Waals surface area contributed by atoms with Gasteiger partial charge in [-0.2, -0.15) is 0 Å². The van der Waals surface area contributed by atoms with Gasteiger partial charge in [0.15, 0.2) is 0 Å². The molecule has 0 saturated heterocycles. The van der Waals surface area contributed by atoms with Crippen LogP contribution >= 0.6 is 0 Å². The number of nitrogens with one attached hydrogen (secondary N) is 2. The maximum atomic E-state index is 14.8. The molecule has 4 nitrogen and oxygen atoms in total. The largest absolute Gasteiger partial charge is 0.361 e. The fourth-order valence-electron chi connectivity index (χ4n) is 3.82. The maximum absolute atomic E-state index is 14.8. The summed E-state index contributed by atoms with van der Waals surface area (Å²) in [5.74, 6) is -1.08. The van der Waals surface area contributed by atoms with Crippen LogP contribution in [0.5, 0.6) is 0 Å². The van der Waals surface area contributed by atoms with Crippen LogP contribution in [0.1, 0.15) is 16.7 Å². The van der Waals surface area contributed by atoms with Crippen LogP contribution in [0.25, 0.3) is 5.57 Å². The van der Waals surface area contributed by atoms with Crippen LogP contribution in [0.4, 0.5) is 25.8 Å². The molecule has 0 aliphatic carbocycles. The van der Waals surface area contributed by atoms with Gasteiger partial charge in [-0.1, -0.05) is 24.3 Å². The van der Waals surface area contributed by atoms with Gasteiger partial charge in [-0.3, -0.25) is 4.79 Å². The van der Waals surface area contributed by atoms with E-state index in [9.17, 15) is 13.6 Å². The molecule has 0 radical (unpaired) electrons. The van der Waals surface area contributed by atoms with E-state index in [1.807, 2.05) is 17.0 Å². The van der Waals surface area contributed by atoms with Gasteiger partial charge < -0.3 is 15.5 Å². The summed E-state index contributed by atoms with van der Waals surface area (Å²) < 4.78 is 28.1. The molecule has 2 aliphatic rings. The summed E-state index contributed by atoms with van der Waals surface area (Å²) in [6, 6.07) is 17.1. The van der Waals surface area contributed by atoms with Gasteiger partial charge in [0.25, 0.3) is 5.91 Å². The predicted molar refractivity (Wildman–Crippen MR) is 109 cm³/mol. The Labute approximate surface area is 166 Å². The minimum Gasteiger partial charge on any atom is -0.361 e. The van der Waals surface area contributed by atoms with Crippen molar-refractivity contribution < 1.29 is 13.6 Å². The van der Waals surface area contributed by atoms with Gasteiger partial charge in [0.2, 0.25) is 0 Å². The first-order valence-electron chi connectivity index (χ1n) is 9.28. The first-order valence-corrected chi connectivity index (χ1v) is 9.28. The molecule has 0 bridgehead atoms. The number of amides is 1. The highest BCUT2D eigenvalue weighted by Gasteiger charge is 2.25.